The number of halogens is 4. The highest BCUT2D eigenvalue weighted by atomic mass is 35.5. The number of benzene rings is 1. The minimum Gasteiger partial charge on any atom is -0.508 e. The highest BCUT2D eigenvalue weighted by molar-refractivity contribution is 5.85. The molecule has 1 aliphatic carbocycles. The zero-order chi connectivity index (χ0) is 13.3. The fourth-order valence-corrected chi connectivity index (χ4v) is 2.05. The van der Waals surface area contributed by atoms with E-state index in [4.69, 9.17) is 5.73 Å². The summed E-state index contributed by atoms with van der Waals surface area (Å²) in [5, 5.41) is 9.66. The standard InChI is InChI=1S/C12H14F3NO2.ClH/c13-12(14,15)18-8-4-5-10(17)9(6-8)11(16)7-2-1-3-7;/h4-7,11,17H,1-3,16H2;1H/t11-;/m1./s1. The minimum absolute atomic E-state index is 0. The van der Waals surface area contributed by atoms with Gasteiger partial charge in [0.15, 0.2) is 0 Å². The molecule has 19 heavy (non-hydrogen) atoms. The van der Waals surface area contributed by atoms with Crippen molar-refractivity contribution in [3.63, 3.8) is 0 Å². The number of phenols is 1. The number of hydrogen-bond donors (Lipinski definition) is 2. The molecule has 0 spiro atoms. The van der Waals surface area contributed by atoms with Crippen LogP contribution in [0.1, 0.15) is 30.9 Å². The number of alkyl halides is 3. The lowest BCUT2D eigenvalue weighted by Crippen LogP contribution is -2.27. The summed E-state index contributed by atoms with van der Waals surface area (Å²) < 4.78 is 40.1. The zero-order valence-electron chi connectivity index (χ0n) is 9.98. The van der Waals surface area contributed by atoms with E-state index in [2.05, 4.69) is 4.74 Å². The van der Waals surface area contributed by atoms with E-state index in [1.165, 1.54) is 6.07 Å². The van der Waals surface area contributed by atoms with E-state index >= 15 is 0 Å². The fourth-order valence-electron chi connectivity index (χ4n) is 2.05. The molecule has 0 radical (unpaired) electrons. The molecule has 1 atom stereocenters. The third kappa shape index (κ3) is 3.91. The number of phenolic OH excluding ortho intramolecular Hbond substituents is 1. The van der Waals surface area contributed by atoms with Crippen molar-refractivity contribution in [2.45, 2.75) is 31.7 Å². The third-order valence-electron chi connectivity index (χ3n) is 3.25. The lowest BCUT2D eigenvalue weighted by Gasteiger charge is -2.31. The summed E-state index contributed by atoms with van der Waals surface area (Å²) in [6.45, 7) is 0. The first kappa shape index (κ1) is 15.9. The first-order valence-electron chi connectivity index (χ1n) is 5.71. The highest BCUT2D eigenvalue weighted by Crippen LogP contribution is 2.40. The van der Waals surface area contributed by atoms with Gasteiger partial charge in [-0.2, -0.15) is 0 Å². The predicted molar refractivity (Wildman–Crippen MR) is 66.3 cm³/mol. The summed E-state index contributed by atoms with van der Waals surface area (Å²) in [7, 11) is 0. The number of hydrogen-bond acceptors (Lipinski definition) is 3. The van der Waals surface area contributed by atoms with Crippen LogP contribution in [-0.4, -0.2) is 11.5 Å². The van der Waals surface area contributed by atoms with Crippen molar-refractivity contribution in [1.29, 1.82) is 0 Å². The van der Waals surface area contributed by atoms with Crippen LogP contribution in [0.4, 0.5) is 13.2 Å². The Hall–Kier alpha value is -1.14. The molecule has 7 heteroatoms. The molecular formula is C12H15ClF3NO2. The van der Waals surface area contributed by atoms with Crippen molar-refractivity contribution in [3.05, 3.63) is 23.8 Å². The second-order valence-corrected chi connectivity index (χ2v) is 4.49. The van der Waals surface area contributed by atoms with Gasteiger partial charge in [-0.1, -0.05) is 6.42 Å². The summed E-state index contributed by atoms with van der Waals surface area (Å²) in [5.74, 6) is -0.231. The Morgan fingerprint density at radius 2 is 1.95 bits per heavy atom. The van der Waals surface area contributed by atoms with Gasteiger partial charge in [-0.15, -0.1) is 25.6 Å². The van der Waals surface area contributed by atoms with Crippen LogP contribution in [0.3, 0.4) is 0 Å². The first-order chi connectivity index (χ1) is 8.37. The Kier molecular flexibility index (Phi) is 4.92. The Balaban J connectivity index is 0.00000180. The second-order valence-electron chi connectivity index (χ2n) is 4.49. The lowest BCUT2D eigenvalue weighted by atomic mass is 9.77. The largest absolute Gasteiger partial charge is 0.573 e. The van der Waals surface area contributed by atoms with Crippen LogP contribution < -0.4 is 10.5 Å². The van der Waals surface area contributed by atoms with Crippen molar-refractivity contribution in [1.82, 2.24) is 0 Å². The molecule has 3 nitrogen and oxygen atoms in total. The minimum atomic E-state index is -4.74. The van der Waals surface area contributed by atoms with Gasteiger partial charge in [0.05, 0.1) is 0 Å². The van der Waals surface area contributed by atoms with Gasteiger partial charge in [0, 0.05) is 11.6 Å². The molecule has 1 fully saturated rings. The van der Waals surface area contributed by atoms with E-state index in [1.54, 1.807) is 0 Å². The molecule has 1 aromatic carbocycles. The molecule has 0 unspecified atom stereocenters. The quantitative estimate of drug-likeness (QED) is 0.897. The average molecular weight is 298 g/mol. The third-order valence-corrected chi connectivity index (χ3v) is 3.25. The Morgan fingerprint density at radius 1 is 1.32 bits per heavy atom. The molecule has 108 valence electrons. The van der Waals surface area contributed by atoms with Gasteiger partial charge in [-0.05, 0) is 37.0 Å². The Labute approximate surface area is 115 Å². The van der Waals surface area contributed by atoms with E-state index in [-0.39, 0.29) is 29.8 Å². The summed E-state index contributed by atoms with van der Waals surface area (Å²) >= 11 is 0. The molecular weight excluding hydrogens is 283 g/mol. The second kappa shape index (κ2) is 5.88. The highest BCUT2D eigenvalue weighted by Gasteiger charge is 2.32. The lowest BCUT2D eigenvalue weighted by molar-refractivity contribution is -0.274. The van der Waals surface area contributed by atoms with Crippen molar-refractivity contribution in [2.24, 2.45) is 11.7 Å². The number of rotatable bonds is 3. The van der Waals surface area contributed by atoms with Crippen LogP contribution in [0.5, 0.6) is 11.5 Å². The maximum atomic E-state index is 12.1. The fraction of sp³-hybridized carbons (Fsp3) is 0.500. The van der Waals surface area contributed by atoms with Crippen molar-refractivity contribution >= 4 is 12.4 Å². The van der Waals surface area contributed by atoms with Crippen LogP contribution >= 0.6 is 12.4 Å². The normalized spacial score (nSPS) is 17.3. The number of ether oxygens (including phenoxy) is 1. The summed E-state index contributed by atoms with van der Waals surface area (Å²) in [6.07, 6.45) is -1.80. The Bertz CT molecular complexity index is 435. The molecule has 2 rings (SSSR count). The van der Waals surface area contributed by atoms with Crippen molar-refractivity contribution < 1.29 is 23.0 Å². The molecule has 0 aromatic heterocycles. The van der Waals surface area contributed by atoms with Crippen molar-refractivity contribution in [3.8, 4) is 11.5 Å². The molecule has 0 saturated heterocycles. The maximum absolute atomic E-state index is 12.1. The molecule has 1 aliphatic rings. The van der Waals surface area contributed by atoms with E-state index < -0.39 is 12.4 Å². The summed E-state index contributed by atoms with van der Waals surface area (Å²) in [4.78, 5) is 0. The predicted octanol–water partition coefficient (Wildman–Crippen LogP) is 3.51. The SMILES string of the molecule is Cl.N[C@@H](c1cc(OC(F)(F)F)ccc1O)C1CCC1. The van der Waals surface area contributed by atoms with Crippen LogP contribution in [0.25, 0.3) is 0 Å². The van der Waals surface area contributed by atoms with Gasteiger partial charge < -0.3 is 15.6 Å². The van der Waals surface area contributed by atoms with E-state index in [1.807, 2.05) is 0 Å². The molecule has 3 N–H and O–H groups in total. The smallest absolute Gasteiger partial charge is 0.508 e. The Morgan fingerprint density at radius 3 is 2.42 bits per heavy atom. The molecule has 0 amide bonds. The monoisotopic (exact) mass is 297 g/mol. The van der Waals surface area contributed by atoms with Gasteiger partial charge in [0.2, 0.25) is 0 Å². The number of nitrogens with two attached hydrogens (primary N) is 1. The van der Waals surface area contributed by atoms with Gasteiger partial charge in [-0.25, -0.2) is 0 Å². The molecule has 1 saturated carbocycles. The van der Waals surface area contributed by atoms with E-state index in [0.29, 0.717) is 5.56 Å². The van der Waals surface area contributed by atoms with E-state index in [0.717, 1.165) is 31.4 Å². The average Bonchev–Trinajstić information content (AvgIpc) is 2.16. The molecule has 0 heterocycles. The first-order valence-corrected chi connectivity index (χ1v) is 5.71. The van der Waals surface area contributed by atoms with Crippen LogP contribution in [0, 0.1) is 5.92 Å². The van der Waals surface area contributed by atoms with Gasteiger partial charge in [0.1, 0.15) is 11.5 Å². The van der Waals surface area contributed by atoms with Gasteiger partial charge in [0.25, 0.3) is 0 Å². The number of aromatic hydroxyl groups is 1. The zero-order valence-corrected chi connectivity index (χ0v) is 10.8. The van der Waals surface area contributed by atoms with Crippen LogP contribution in [0.2, 0.25) is 0 Å². The van der Waals surface area contributed by atoms with Crippen LogP contribution in [-0.2, 0) is 0 Å². The maximum Gasteiger partial charge on any atom is 0.573 e. The molecule has 0 bridgehead atoms. The summed E-state index contributed by atoms with van der Waals surface area (Å²) in [5.41, 5.74) is 6.24. The van der Waals surface area contributed by atoms with Crippen LogP contribution in [0.15, 0.2) is 18.2 Å². The summed E-state index contributed by atoms with van der Waals surface area (Å²) in [6, 6.07) is 2.95. The molecule has 1 aromatic rings. The topological polar surface area (TPSA) is 55.5 Å². The molecule has 0 aliphatic heterocycles. The van der Waals surface area contributed by atoms with Gasteiger partial charge >= 0.3 is 6.36 Å². The van der Waals surface area contributed by atoms with Crippen molar-refractivity contribution in [2.75, 3.05) is 0 Å². The van der Waals surface area contributed by atoms with Gasteiger partial charge in [-0.3, -0.25) is 0 Å². The van der Waals surface area contributed by atoms with E-state index in [9.17, 15) is 18.3 Å².